The van der Waals surface area contributed by atoms with E-state index in [1.165, 1.54) is 5.56 Å². The van der Waals surface area contributed by atoms with Gasteiger partial charge in [0, 0.05) is 6.42 Å². The fraction of sp³-hybridized carbons (Fsp3) is 0.533. The zero-order valence-electron chi connectivity index (χ0n) is 11.1. The Balaban J connectivity index is 1.60. The third-order valence-electron chi connectivity index (χ3n) is 4.15. The minimum absolute atomic E-state index is 0.211. The molecule has 0 bridgehead atoms. The lowest BCUT2D eigenvalue weighted by Crippen LogP contribution is -2.56. The average Bonchev–Trinajstić information content (AvgIpc) is 2.75. The number of aryl methyl sites for hydroxylation is 1. The van der Waals surface area contributed by atoms with Crippen LogP contribution in [0, 0.1) is 0 Å². The number of nitrogens with one attached hydrogen (secondary N) is 2. The minimum Gasteiger partial charge on any atom is -0.370 e. The van der Waals surface area contributed by atoms with Crippen LogP contribution >= 0.6 is 0 Å². The normalized spacial score (nSPS) is 25.1. The van der Waals surface area contributed by atoms with Gasteiger partial charge in [-0.15, -0.1) is 0 Å². The van der Waals surface area contributed by atoms with Crippen molar-refractivity contribution >= 4 is 5.84 Å². The van der Waals surface area contributed by atoms with E-state index < -0.39 is 6.23 Å². The van der Waals surface area contributed by atoms with Gasteiger partial charge in [0.25, 0.3) is 0 Å². The molecule has 1 fully saturated rings. The molecular formula is C15H21N3O. The number of piperidine rings is 1. The van der Waals surface area contributed by atoms with Gasteiger partial charge in [0.1, 0.15) is 5.84 Å². The molecule has 1 saturated heterocycles. The second kappa shape index (κ2) is 5.31. The third kappa shape index (κ3) is 2.65. The van der Waals surface area contributed by atoms with Gasteiger partial charge in [0.05, 0.1) is 5.54 Å². The highest BCUT2D eigenvalue weighted by Gasteiger charge is 2.43. The van der Waals surface area contributed by atoms with Crippen LogP contribution in [-0.4, -0.2) is 35.8 Å². The quantitative estimate of drug-likeness (QED) is 0.761. The molecule has 1 spiro atoms. The fourth-order valence-corrected chi connectivity index (χ4v) is 2.95. The van der Waals surface area contributed by atoms with E-state index in [9.17, 15) is 5.11 Å². The molecule has 102 valence electrons. The molecule has 2 heterocycles. The van der Waals surface area contributed by atoms with Crippen molar-refractivity contribution in [2.75, 3.05) is 13.1 Å². The predicted molar refractivity (Wildman–Crippen MR) is 76.2 cm³/mol. The summed E-state index contributed by atoms with van der Waals surface area (Å²) in [6, 6.07) is 10.4. The van der Waals surface area contributed by atoms with E-state index in [2.05, 4.69) is 39.9 Å². The van der Waals surface area contributed by atoms with Crippen molar-refractivity contribution in [3.05, 3.63) is 35.9 Å². The summed E-state index contributed by atoms with van der Waals surface area (Å²) >= 11 is 0. The summed E-state index contributed by atoms with van der Waals surface area (Å²) < 4.78 is 0. The summed E-state index contributed by atoms with van der Waals surface area (Å²) in [5.41, 5.74) is 1.10. The van der Waals surface area contributed by atoms with Crippen molar-refractivity contribution in [3.63, 3.8) is 0 Å². The van der Waals surface area contributed by atoms with E-state index in [1.807, 2.05) is 6.07 Å². The highest BCUT2D eigenvalue weighted by Crippen LogP contribution is 2.28. The first kappa shape index (κ1) is 12.6. The third-order valence-corrected chi connectivity index (χ3v) is 4.15. The smallest absolute Gasteiger partial charge is 0.170 e. The van der Waals surface area contributed by atoms with E-state index >= 15 is 0 Å². The lowest BCUT2D eigenvalue weighted by Gasteiger charge is -2.36. The van der Waals surface area contributed by atoms with Gasteiger partial charge in [-0.25, -0.2) is 4.99 Å². The molecule has 0 saturated carbocycles. The van der Waals surface area contributed by atoms with Crippen LogP contribution in [0.25, 0.3) is 0 Å². The van der Waals surface area contributed by atoms with Gasteiger partial charge in [-0.1, -0.05) is 30.3 Å². The number of benzene rings is 1. The molecule has 3 N–H and O–H groups in total. The van der Waals surface area contributed by atoms with Crippen molar-refractivity contribution in [1.82, 2.24) is 10.6 Å². The Morgan fingerprint density at radius 2 is 1.89 bits per heavy atom. The van der Waals surface area contributed by atoms with E-state index in [4.69, 9.17) is 0 Å². The molecule has 2 aliphatic rings. The van der Waals surface area contributed by atoms with Crippen molar-refractivity contribution in [1.29, 1.82) is 0 Å². The summed E-state index contributed by atoms with van der Waals surface area (Å²) in [7, 11) is 0. The molecule has 0 aliphatic carbocycles. The Morgan fingerprint density at radius 1 is 1.16 bits per heavy atom. The summed E-state index contributed by atoms with van der Waals surface area (Å²) in [6.45, 7) is 1.90. The monoisotopic (exact) mass is 259 g/mol. The Bertz CT molecular complexity index is 452. The average molecular weight is 259 g/mol. The Kier molecular flexibility index (Phi) is 3.53. The van der Waals surface area contributed by atoms with Crippen LogP contribution in [0.4, 0.5) is 0 Å². The number of hydrogen-bond donors (Lipinski definition) is 3. The lowest BCUT2D eigenvalue weighted by atomic mass is 9.87. The molecule has 19 heavy (non-hydrogen) atoms. The number of aliphatic hydroxyl groups excluding tert-OH is 1. The molecular weight excluding hydrogens is 238 g/mol. The zero-order valence-corrected chi connectivity index (χ0v) is 11.1. The van der Waals surface area contributed by atoms with Crippen LogP contribution in [0.5, 0.6) is 0 Å². The SMILES string of the molecule is OC1N=C(CCc2ccccc2)NC12CCNCC2. The van der Waals surface area contributed by atoms with E-state index in [-0.39, 0.29) is 5.54 Å². The van der Waals surface area contributed by atoms with Crippen molar-refractivity contribution in [2.45, 2.75) is 37.5 Å². The predicted octanol–water partition coefficient (Wildman–Crippen LogP) is 1.06. The van der Waals surface area contributed by atoms with Gasteiger partial charge in [0.15, 0.2) is 6.23 Å². The molecule has 0 aromatic heterocycles. The number of aliphatic hydroxyl groups is 1. The first-order valence-electron chi connectivity index (χ1n) is 7.06. The maximum Gasteiger partial charge on any atom is 0.170 e. The summed E-state index contributed by atoms with van der Waals surface area (Å²) in [5, 5.41) is 17.0. The molecule has 0 amide bonds. The van der Waals surface area contributed by atoms with Gasteiger partial charge in [-0.2, -0.15) is 0 Å². The largest absolute Gasteiger partial charge is 0.370 e. The number of hydrogen-bond acceptors (Lipinski definition) is 4. The van der Waals surface area contributed by atoms with Gasteiger partial charge < -0.3 is 15.7 Å². The highest BCUT2D eigenvalue weighted by molar-refractivity contribution is 5.85. The molecule has 4 nitrogen and oxygen atoms in total. The molecule has 1 aromatic rings. The lowest BCUT2D eigenvalue weighted by molar-refractivity contribution is 0.0715. The number of rotatable bonds is 3. The van der Waals surface area contributed by atoms with Gasteiger partial charge in [0.2, 0.25) is 0 Å². The van der Waals surface area contributed by atoms with Crippen LogP contribution < -0.4 is 10.6 Å². The van der Waals surface area contributed by atoms with Gasteiger partial charge >= 0.3 is 0 Å². The Morgan fingerprint density at radius 3 is 2.63 bits per heavy atom. The van der Waals surface area contributed by atoms with E-state index in [0.29, 0.717) is 0 Å². The maximum atomic E-state index is 10.2. The fourth-order valence-electron chi connectivity index (χ4n) is 2.95. The molecule has 3 rings (SSSR count). The van der Waals surface area contributed by atoms with Crippen LogP contribution in [-0.2, 0) is 6.42 Å². The van der Waals surface area contributed by atoms with Crippen LogP contribution in [0.3, 0.4) is 0 Å². The molecule has 1 atom stereocenters. The van der Waals surface area contributed by atoms with E-state index in [1.54, 1.807) is 0 Å². The molecule has 4 heteroatoms. The number of aliphatic imine (C=N–C) groups is 1. The molecule has 0 radical (unpaired) electrons. The van der Waals surface area contributed by atoms with Gasteiger partial charge in [-0.05, 0) is 37.9 Å². The maximum absolute atomic E-state index is 10.2. The molecule has 1 aromatic carbocycles. The first-order valence-corrected chi connectivity index (χ1v) is 7.06. The first-order chi connectivity index (χ1) is 9.28. The van der Waals surface area contributed by atoms with Crippen molar-refractivity contribution in [3.8, 4) is 0 Å². The van der Waals surface area contributed by atoms with Crippen LogP contribution in [0.1, 0.15) is 24.8 Å². The summed E-state index contributed by atoms with van der Waals surface area (Å²) in [4.78, 5) is 4.41. The second-order valence-electron chi connectivity index (χ2n) is 5.47. The molecule has 1 unspecified atom stereocenters. The molecule has 2 aliphatic heterocycles. The van der Waals surface area contributed by atoms with Crippen LogP contribution in [0.15, 0.2) is 35.3 Å². The summed E-state index contributed by atoms with van der Waals surface area (Å²) in [5.74, 6) is 0.957. The number of amidine groups is 1. The zero-order chi connectivity index (χ0) is 13.1. The van der Waals surface area contributed by atoms with Crippen molar-refractivity contribution < 1.29 is 5.11 Å². The van der Waals surface area contributed by atoms with E-state index in [0.717, 1.165) is 44.6 Å². The van der Waals surface area contributed by atoms with Gasteiger partial charge in [-0.3, -0.25) is 0 Å². The second-order valence-corrected chi connectivity index (χ2v) is 5.47. The summed E-state index contributed by atoms with van der Waals surface area (Å²) in [6.07, 6.45) is 3.13. The van der Waals surface area contributed by atoms with Crippen molar-refractivity contribution in [2.24, 2.45) is 4.99 Å². The topological polar surface area (TPSA) is 56.7 Å². The van der Waals surface area contributed by atoms with Crippen LogP contribution in [0.2, 0.25) is 0 Å². The highest BCUT2D eigenvalue weighted by atomic mass is 16.3. The number of nitrogens with zero attached hydrogens (tertiary/aromatic N) is 1. The standard InChI is InChI=1S/C15H21N3O/c19-14-15(8-10-16-11-9-15)18-13(17-14)7-6-12-4-2-1-3-5-12/h1-5,14,16,19H,6-11H2,(H,17,18). The minimum atomic E-state index is -0.583. The Hall–Kier alpha value is -1.39. The Labute approximate surface area is 113 Å².